The summed E-state index contributed by atoms with van der Waals surface area (Å²) >= 11 is 0. The molecular weight excluding hydrogens is 725 g/mol. The first-order chi connectivity index (χ1) is 29.8. The molecule has 0 spiro atoms. The predicted molar refractivity (Wildman–Crippen MR) is 257 cm³/mol. The lowest BCUT2D eigenvalue weighted by Gasteiger charge is -2.29. The summed E-state index contributed by atoms with van der Waals surface area (Å²) in [7, 11) is 0. The van der Waals surface area contributed by atoms with Gasteiger partial charge in [-0.3, -0.25) is 0 Å². The average Bonchev–Trinajstić information content (AvgIpc) is 3.32. The molecule has 0 fully saturated rings. The Hall–Kier alpha value is -7.94. The minimum atomic E-state index is 1.11. The highest BCUT2D eigenvalue weighted by Gasteiger charge is 2.22. The maximum absolute atomic E-state index is 2.42. The molecule has 0 aliphatic carbocycles. The third-order valence-electron chi connectivity index (χ3n) is 12.3. The fraction of sp³-hybridized carbons (Fsp3) is 0. The smallest absolute Gasteiger partial charge is 0.0546 e. The van der Waals surface area contributed by atoms with E-state index in [-0.39, 0.29) is 0 Å². The summed E-state index contributed by atoms with van der Waals surface area (Å²) in [5.41, 5.74) is 9.28. The van der Waals surface area contributed by atoms with E-state index in [0.29, 0.717) is 0 Å². The van der Waals surface area contributed by atoms with Crippen LogP contribution in [0.3, 0.4) is 0 Å². The van der Waals surface area contributed by atoms with Crippen molar-refractivity contribution in [3.05, 3.63) is 231 Å². The Balaban J connectivity index is 1.02. The predicted octanol–water partition coefficient (Wildman–Crippen LogP) is 16.7. The number of hydrogen-bond acceptors (Lipinski definition) is 2. The Labute approximate surface area is 348 Å². The summed E-state index contributed by atoms with van der Waals surface area (Å²) in [4.78, 5) is 4.85. The highest BCUT2D eigenvalue weighted by molar-refractivity contribution is 6.28. The van der Waals surface area contributed by atoms with E-state index in [4.69, 9.17) is 0 Å². The molecule has 280 valence electrons. The monoisotopic (exact) mass is 762 g/mol. The molecule has 0 amide bonds. The van der Waals surface area contributed by atoms with Crippen LogP contribution in [0.4, 0.5) is 34.1 Å². The van der Waals surface area contributed by atoms with Crippen LogP contribution in [-0.4, -0.2) is 0 Å². The Bertz CT molecular complexity index is 3460. The molecule has 0 radical (unpaired) electrons. The Kier molecular flexibility index (Phi) is 7.89. The summed E-state index contributed by atoms with van der Waals surface area (Å²) in [6, 6.07) is 84.3. The second-order valence-corrected chi connectivity index (χ2v) is 15.7. The van der Waals surface area contributed by atoms with E-state index in [9.17, 15) is 0 Å². The van der Waals surface area contributed by atoms with Gasteiger partial charge in [-0.15, -0.1) is 0 Å². The number of rotatable bonds is 7. The van der Waals surface area contributed by atoms with Gasteiger partial charge in [-0.25, -0.2) is 0 Å². The van der Waals surface area contributed by atoms with E-state index < -0.39 is 0 Å². The molecule has 0 bridgehead atoms. The molecular formula is C58H38N2. The second-order valence-electron chi connectivity index (χ2n) is 15.7. The van der Waals surface area contributed by atoms with Crippen LogP contribution < -0.4 is 9.80 Å². The number of benzene rings is 12. The van der Waals surface area contributed by atoms with Gasteiger partial charge in [-0.1, -0.05) is 176 Å². The van der Waals surface area contributed by atoms with E-state index in [1.807, 2.05) is 0 Å². The van der Waals surface area contributed by atoms with Gasteiger partial charge in [0.15, 0.2) is 0 Å². The Morgan fingerprint density at radius 2 is 0.750 bits per heavy atom. The molecule has 0 N–H and O–H groups in total. The summed E-state index contributed by atoms with van der Waals surface area (Å²) < 4.78 is 0. The van der Waals surface area contributed by atoms with Crippen molar-refractivity contribution in [2.24, 2.45) is 0 Å². The van der Waals surface area contributed by atoms with Crippen molar-refractivity contribution in [1.29, 1.82) is 0 Å². The van der Waals surface area contributed by atoms with Crippen LogP contribution >= 0.6 is 0 Å². The van der Waals surface area contributed by atoms with E-state index in [0.717, 1.165) is 28.4 Å². The molecule has 0 aliphatic heterocycles. The first-order valence-electron chi connectivity index (χ1n) is 20.7. The van der Waals surface area contributed by atoms with Crippen molar-refractivity contribution >= 4 is 98.8 Å². The molecule has 0 saturated carbocycles. The lowest BCUT2D eigenvalue weighted by molar-refractivity contribution is 1.31. The first-order valence-corrected chi connectivity index (χ1v) is 20.7. The summed E-state index contributed by atoms with van der Waals surface area (Å²) in [6.07, 6.45) is 0. The van der Waals surface area contributed by atoms with Crippen LogP contribution in [0.5, 0.6) is 0 Å². The normalized spacial score (nSPS) is 11.7. The molecule has 2 nitrogen and oxygen atoms in total. The maximum Gasteiger partial charge on any atom is 0.0546 e. The molecule has 0 aliphatic rings. The molecule has 60 heavy (non-hydrogen) atoms. The van der Waals surface area contributed by atoms with Crippen LogP contribution in [0.1, 0.15) is 0 Å². The topological polar surface area (TPSA) is 6.48 Å². The minimum absolute atomic E-state index is 1.11. The maximum atomic E-state index is 2.42. The number of fused-ring (bicyclic) bond motifs is 3. The fourth-order valence-corrected chi connectivity index (χ4v) is 9.57. The van der Waals surface area contributed by atoms with Gasteiger partial charge >= 0.3 is 0 Å². The van der Waals surface area contributed by atoms with Crippen molar-refractivity contribution in [3.63, 3.8) is 0 Å². The molecule has 0 saturated heterocycles. The molecule has 0 unspecified atom stereocenters. The van der Waals surface area contributed by atoms with Gasteiger partial charge < -0.3 is 9.80 Å². The molecule has 12 aromatic carbocycles. The van der Waals surface area contributed by atoms with Gasteiger partial charge in [0.2, 0.25) is 0 Å². The number of para-hydroxylation sites is 1. The minimum Gasteiger partial charge on any atom is -0.310 e. The van der Waals surface area contributed by atoms with E-state index >= 15 is 0 Å². The second kappa shape index (κ2) is 13.9. The Morgan fingerprint density at radius 3 is 1.48 bits per heavy atom. The standard InChI is InChI=1S/C58H38N2/c1-2-20-46(21-3-1)59(48-34-27-39-13-4-5-16-44(39)37-48)56-38-45-31-35-49(52-36-30-43-19-10-24-53(56)57(43)58(45)52)42-28-32-47(33-29-42)60(54-25-11-17-40-14-6-8-22-50(40)54)55-26-12-18-41-15-7-9-23-51(41)55/h1-38H. The van der Waals surface area contributed by atoms with Crippen molar-refractivity contribution in [2.75, 3.05) is 9.80 Å². The molecule has 0 atom stereocenters. The van der Waals surface area contributed by atoms with Crippen LogP contribution in [0, 0.1) is 0 Å². The van der Waals surface area contributed by atoms with Crippen molar-refractivity contribution in [1.82, 2.24) is 0 Å². The molecule has 12 aromatic rings. The van der Waals surface area contributed by atoms with E-state index in [1.54, 1.807) is 0 Å². The van der Waals surface area contributed by atoms with Crippen molar-refractivity contribution in [2.45, 2.75) is 0 Å². The number of hydrogen-bond donors (Lipinski definition) is 0. The number of anilines is 6. The molecule has 0 heterocycles. The van der Waals surface area contributed by atoms with Crippen molar-refractivity contribution < 1.29 is 0 Å². The zero-order valence-electron chi connectivity index (χ0n) is 32.8. The molecule has 12 rings (SSSR count). The van der Waals surface area contributed by atoms with Gasteiger partial charge in [-0.2, -0.15) is 0 Å². The highest BCUT2D eigenvalue weighted by Crippen LogP contribution is 2.48. The SMILES string of the molecule is c1ccc(N(c2ccc3ccccc3c2)c2cc3ccc(-c4ccc(N(c5cccc6ccccc56)c5cccc6ccccc56)cc4)c4ccc5cccc2c5c34)cc1. The lowest BCUT2D eigenvalue weighted by Crippen LogP contribution is -2.11. The van der Waals surface area contributed by atoms with Gasteiger partial charge in [0.1, 0.15) is 0 Å². The zero-order valence-corrected chi connectivity index (χ0v) is 32.8. The quantitative estimate of drug-likeness (QED) is 0.149. The third kappa shape index (κ3) is 5.50. The lowest BCUT2D eigenvalue weighted by atomic mass is 9.88. The first kappa shape index (κ1) is 34.1. The number of nitrogens with zero attached hydrogens (tertiary/aromatic N) is 2. The molecule has 2 heteroatoms. The zero-order chi connectivity index (χ0) is 39.6. The van der Waals surface area contributed by atoms with Crippen LogP contribution in [0.15, 0.2) is 231 Å². The third-order valence-corrected chi connectivity index (χ3v) is 12.3. The largest absolute Gasteiger partial charge is 0.310 e. The van der Waals surface area contributed by atoms with Gasteiger partial charge in [0, 0.05) is 33.2 Å². The van der Waals surface area contributed by atoms with Gasteiger partial charge in [0.25, 0.3) is 0 Å². The van der Waals surface area contributed by atoms with Crippen LogP contribution in [0.2, 0.25) is 0 Å². The van der Waals surface area contributed by atoms with Gasteiger partial charge in [-0.05, 0) is 114 Å². The average molecular weight is 763 g/mol. The summed E-state index contributed by atoms with van der Waals surface area (Å²) in [5, 5.41) is 14.9. The molecule has 0 aromatic heterocycles. The van der Waals surface area contributed by atoms with Crippen LogP contribution in [-0.2, 0) is 0 Å². The fourth-order valence-electron chi connectivity index (χ4n) is 9.57. The Morgan fingerprint density at radius 1 is 0.233 bits per heavy atom. The summed E-state index contributed by atoms with van der Waals surface area (Å²) in [5.74, 6) is 0. The summed E-state index contributed by atoms with van der Waals surface area (Å²) in [6.45, 7) is 0. The highest BCUT2D eigenvalue weighted by atomic mass is 15.1. The van der Waals surface area contributed by atoms with E-state index in [2.05, 4.69) is 240 Å². The van der Waals surface area contributed by atoms with Crippen LogP contribution in [0.25, 0.3) is 75.8 Å². The van der Waals surface area contributed by atoms with Crippen molar-refractivity contribution in [3.8, 4) is 11.1 Å². The van der Waals surface area contributed by atoms with Gasteiger partial charge in [0.05, 0.1) is 17.1 Å². The van der Waals surface area contributed by atoms with E-state index in [1.165, 1.54) is 81.4 Å².